The van der Waals surface area contributed by atoms with Gasteiger partial charge in [-0.3, -0.25) is 14.2 Å². The molecule has 0 radical (unpaired) electrons. The molecule has 7 heteroatoms. The molecule has 0 aliphatic rings. The highest BCUT2D eigenvalue weighted by molar-refractivity contribution is 8.00. The number of hydrogen-bond donors (Lipinski definition) is 1. The number of carbonyl (C=O) groups is 1. The van der Waals surface area contributed by atoms with Crippen molar-refractivity contribution in [3.8, 4) is 5.69 Å². The third kappa shape index (κ3) is 4.29. The number of rotatable bonds is 5. The quantitative estimate of drug-likeness (QED) is 0.335. The fourth-order valence-electron chi connectivity index (χ4n) is 3.44. The Bertz CT molecular complexity index is 1380. The van der Waals surface area contributed by atoms with Crippen LogP contribution < -0.4 is 10.9 Å². The molecule has 5 nitrogen and oxygen atoms in total. The molecule has 1 unspecified atom stereocenters. The summed E-state index contributed by atoms with van der Waals surface area (Å²) >= 11 is 1.11. The third-order valence-corrected chi connectivity index (χ3v) is 6.18. The summed E-state index contributed by atoms with van der Waals surface area (Å²) in [6.45, 7) is 5.65. The number of aromatic nitrogens is 2. The van der Waals surface area contributed by atoms with Gasteiger partial charge in [0.1, 0.15) is 5.82 Å². The predicted octanol–water partition coefficient (Wildman–Crippen LogP) is 5.26. The Labute approximate surface area is 189 Å². The lowest BCUT2D eigenvalue weighted by atomic mass is 10.1. The van der Waals surface area contributed by atoms with Crippen LogP contribution in [-0.4, -0.2) is 20.7 Å². The Morgan fingerprint density at radius 1 is 1.06 bits per heavy atom. The molecule has 1 amide bonds. The molecule has 1 N–H and O–H groups in total. The highest BCUT2D eigenvalue weighted by Gasteiger charge is 2.22. The van der Waals surface area contributed by atoms with E-state index in [-0.39, 0.29) is 22.3 Å². The maximum absolute atomic E-state index is 14.6. The molecular weight excluding hydrogens is 425 g/mol. The fraction of sp³-hybridized carbons (Fsp3) is 0.160. The van der Waals surface area contributed by atoms with E-state index in [1.165, 1.54) is 16.7 Å². The number of anilines is 1. The molecule has 1 heterocycles. The van der Waals surface area contributed by atoms with Gasteiger partial charge in [0.15, 0.2) is 5.16 Å². The molecule has 0 spiro atoms. The first-order chi connectivity index (χ1) is 15.3. The Kier molecular flexibility index (Phi) is 6.10. The lowest BCUT2D eigenvalue weighted by Gasteiger charge is -2.17. The highest BCUT2D eigenvalue weighted by atomic mass is 32.2. The second-order valence-corrected chi connectivity index (χ2v) is 8.88. The summed E-state index contributed by atoms with van der Waals surface area (Å²) in [5.41, 5.74) is 3.01. The van der Waals surface area contributed by atoms with Gasteiger partial charge in [-0.25, -0.2) is 9.37 Å². The Morgan fingerprint density at radius 2 is 1.78 bits per heavy atom. The molecule has 162 valence electrons. The molecule has 0 saturated carbocycles. The lowest BCUT2D eigenvalue weighted by molar-refractivity contribution is -0.115. The zero-order valence-electron chi connectivity index (χ0n) is 17.9. The third-order valence-electron chi connectivity index (χ3n) is 5.13. The average Bonchev–Trinajstić information content (AvgIpc) is 2.77. The minimum Gasteiger partial charge on any atom is -0.325 e. The number of hydrogen-bond acceptors (Lipinski definition) is 4. The average molecular weight is 448 g/mol. The van der Waals surface area contributed by atoms with Crippen LogP contribution >= 0.6 is 11.8 Å². The Morgan fingerprint density at radius 3 is 2.53 bits per heavy atom. The largest absolute Gasteiger partial charge is 0.325 e. The Balaban J connectivity index is 1.73. The number of para-hydroxylation sites is 2. The van der Waals surface area contributed by atoms with Crippen LogP contribution in [0, 0.1) is 19.7 Å². The number of thioether (sulfide) groups is 1. The molecule has 0 aliphatic carbocycles. The van der Waals surface area contributed by atoms with E-state index in [0.29, 0.717) is 10.9 Å². The van der Waals surface area contributed by atoms with Crippen LogP contribution in [0.15, 0.2) is 76.7 Å². The minimum atomic E-state index is -0.582. The van der Waals surface area contributed by atoms with Crippen LogP contribution in [0.3, 0.4) is 0 Å². The number of nitrogens with one attached hydrogen (secondary N) is 1. The number of amides is 1. The van der Waals surface area contributed by atoms with Gasteiger partial charge in [-0.05, 0) is 56.7 Å². The fourth-order valence-corrected chi connectivity index (χ4v) is 4.36. The van der Waals surface area contributed by atoms with Gasteiger partial charge in [0.2, 0.25) is 5.91 Å². The SMILES string of the molecule is Cc1ccc(NC(=O)C(C)Sc2nc3ccccc3c(=O)n2-c2ccccc2F)c(C)c1. The molecule has 1 aromatic heterocycles. The Hall–Kier alpha value is -3.45. The number of carbonyl (C=O) groups excluding carboxylic acids is 1. The van der Waals surface area contributed by atoms with Crippen molar-refractivity contribution in [1.82, 2.24) is 9.55 Å². The number of nitrogens with zero attached hydrogens (tertiary/aromatic N) is 2. The van der Waals surface area contributed by atoms with Crippen molar-refractivity contribution in [3.05, 3.63) is 94.0 Å². The summed E-state index contributed by atoms with van der Waals surface area (Å²) in [5.74, 6) is -0.773. The van der Waals surface area contributed by atoms with Crippen LogP contribution in [0.4, 0.5) is 10.1 Å². The molecule has 0 bridgehead atoms. The summed E-state index contributed by atoms with van der Waals surface area (Å²) in [4.78, 5) is 30.8. The van der Waals surface area contributed by atoms with E-state index >= 15 is 0 Å². The summed E-state index contributed by atoms with van der Waals surface area (Å²) in [6, 6.07) is 18.7. The second-order valence-electron chi connectivity index (χ2n) is 7.57. The first-order valence-electron chi connectivity index (χ1n) is 10.2. The minimum absolute atomic E-state index is 0.0974. The maximum atomic E-state index is 14.6. The van der Waals surface area contributed by atoms with E-state index in [1.54, 1.807) is 43.3 Å². The zero-order chi connectivity index (χ0) is 22.8. The molecule has 0 fully saturated rings. The standard InChI is InChI=1S/C25H22FN3O2S/c1-15-12-13-20(16(2)14-15)27-23(30)17(3)32-25-28-21-10-6-4-8-18(21)24(31)29(25)22-11-7-5-9-19(22)26/h4-14,17H,1-3H3,(H,27,30). The summed E-state index contributed by atoms with van der Waals surface area (Å²) in [6.07, 6.45) is 0. The summed E-state index contributed by atoms with van der Waals surface area (Å²) in [5, 5.41) is 2.98. The maximum Gasteiger partial charge on any atom is 0.266 e. The summed E-state index contributed by atoms with van der Waals surface area (Å²) in [7, 11) is 0. The van der Waals surface area contributed by atoms with Gasteiger partial charge in [0.25, 0.3) is 5.56 Å². The van der Waals surface area contributed by atoms with E-state index in [1.807, 2.05) is 32.0 Å². The van der Waals surface area contributed by atoms with E-state index < -0.39 is 11.1 Å². The molecule has 3 aromatic carbocycles. The van der Waals surface area contributed by atoms with Crippen LogP contribution in [0.1, 0.15) is 18.1 Å². The van der Waals surface area contributed by atoms with Crippen molar-refractivity contribution in [2.45, 2.75) is 31.2 Å². The number of benzene rings is 3. The normalized spacial score (nSPS) is 12.0. The molecule has 1 atom stereocenters. The predicted molar refractivity (Wildman–Crippen MR) is 127 cm³/mol. The zero-order valence-corrected chi connectivity index (χ0v) is 18.7. The van der Waals surface area contributed by atoms with Crippen LogP contribution in [-0.2, 0) is 4.79 Å². The molecule has 0 aliphatic heterocycles. The van der Waals surface area contributed by atoms with E-state index in [4.69, 9.17) is 0 Å². The van der Waals surface area contributed by atoms with Crippen LogP contribution in [0.25, 0.3) is 16.6 Å². The van der Waals surface area contributed by atoms with E-state index in [9.17, 15) is 14.0 Å². The van der Waals surface area contributed by atoms with Gasteiger partial charge in [-0.15, -0.1) is 0 Å². The summed E-state index contributed by atoms with van der Waals surface area (Å²) < 4.78 is 15.9. The van der Waals surface area contributed by atoms with Crippen LogP contribution in [0.5, 0.6) is 0 Å². The second kappa shape index (κ2) is 8.96. The van der Waals surface area contributed by atoms with Gasteiger partial charge < -0.3 is 5.32 Å². The van der Waals surface area contributed by atoms with Crippen molar-refractivity contribution in [3.63, 3.8) is 0 Å². The van der Waals surface area contributed by atoms with Gasteiger partial charge in [-0.1, -0.05) is 53.7 Å². The molecule has 32 heavy (non-hydrogen) atoms. The van der Waals surface area contributed by atoms with E-state index in [2.05, 4.69) is 10.3 Å². The van der Waals surface area contributed by atoms with Gasteiger partial charge in [0, 0.05) is 5.69 Å². The van der Waals surface area contributed by atoms with Crippen molar-refractivity contribution in [2.75, 3.05) is 5.32 Å². The number of fused-ring (bicyclic) bond motifs is 1. The van der Waals surface area contributed by atoms with Crippen molar-refractivity contribution >= 4 is 34.3 Å². The van der Waals surface area contributed by atoms with Crippen molar-refractivity contribution < 1.29 is 9.18 Å². The van der Waals surface area contributed by atoms with Gasteiger partial charge in [0.05, 0.1) is 21.8 Å². The molecule has 0 saturated heterocycles. The van der Waals surface area contributed by atoms with Gasteiger partial charge >= 0.3 is 0 Å². The van der Waals surface area contributed by atoms with Crippen LogP contribution in [0.2, 0.25) is 0 Å². The van der Waals surface area contributed by atoms with E-state index in [0.717, 1.165) is 28.6 Å². The topological polar surface area (TPSA) is 64.0 Å². The lowest BCUT2D eigenvalue weighted by Crippen LogP contribution is -2.27. The smallest absolute Gasteiger partial charge is 0.266 e. The van der Waals surface area contributed by atoms with Gasteiger partial charge in [-0.2, -0.15) is 0 Å². The van der Waals surface area contributed by atoms with Crippen molar-refractivity contribution in [2.24, 2.45) is 0 Å². The molecule has 4 rings (SSSR count). The number of halogens is 1. The van der Waals surface area contributed by atoms with Crippen molar-refractivity contribution in [1.29, 1.82) is 0 Å². The molecule has 4 aromatic rings. The number of aryl methyl sites for hydroxylation is 2. The first kappa shape index (κ1) is 21.8. The first-order valence-corrected chi connectivity index (χ1v) is 11.0. The molecular formula is C25H22FN3O2S. The highest BCUT2D eigenvalue weighted by Crippen LogP contribution is 2.27. The monoisotopic (exact) mass is 447 g/mol.